The Labute approximate surface area is 185 Å². The van der Waals surface area contributed by atoms with Gasteiger partial charge in [-0.25, -0.2) is 0 Å². The van der Waals surface area contributed by atoms with Crippen molar-refractivity contribution in [2.75, 3.05) is 0 Å². The Morgan fingerprint density at radius 2 is 0.682 bits per heavy atom. The number of hydrogen-bond acceptors (Lipinski definition) is 0. The number of hydrogen-bond donors (Lipinski definition) is 0. The lowest BCUT2D eigenvalue weighted by Crippen LogP contribution is -1.92. The van der Waals surface area contributed by atoms with E-state index in [0.29, 0.717) is 0 Å². The highest BCUT2D eigenvalue weighted by molar-refractivity contribution is 14.1. The van der Waals surface area contributed by atoms with Crippen molar-refractivity contribution >= 4 is 112 Å². The van der Waals surface area contributed by atoms with Crippen LogP contribution in [0.15, 0.2) is 36.4 Å². The monoisotopic (exact) mass is 738 g/mol. The summed E-state index contributed by atoms with van der Waals surface area (Å²) in [5, 5.41) is 5.75. The third kappa shape index (κ3) is 3.26. The summed E-state index contributed by atoms with van der Waals surface area (Å²) in [5.74, 6) is 0. The lowest BCUT2D eigenvalue weighted by Gasteiger charge is -2.14. The molecule has 0 fully saturated rings. The Kier molecular flexibility index (Phi) is 6.50. The average molecular weight is 738 g/mol. The van der Waals surface area contributed by atoms with Gasteiger partial charge in [0.1, 0.15) is 0 Å². The van der Waals surface area contributed by atoms with E-state index in [-0.39, 0.29) is 0 Å². The van der Waals surface area contributed by atoms with Crippen LogP contribution < -0.4 is 0 Å². The molecule has 0 aliphatic rings. The SMILES string of the molecule is ICc1ccc(CI)c2cc3c(CI)ccc(CI)c3cc12. The van der Waals surface area contributed by atoms with Gasteiger partial charge in [-0.05, 0) is 55.9 Å². The second-order valence-corrected chi connectivity index (χ2v) is 8.30. The van der Waals surface area contributed by atoms with Crippen molar-refractivity contribution in [1.29, 1.82) is 0 Å². The summed E-state index contributed by atoms with van der Waals surface area (Å²) >= 11 is 9.91. The Bertz CT molecular complexity index is 702. The van der Waals surface area contributed by atoms with Gasteiger partial charge in [-0.1, -0.05) is 115 Å². The highest BCUT2D eigenvalue weighted by Crippen LogP contribution is 2.34. The summed E-state index contributed by atoms with van der Waals surface area (Å²) in [6.07, 6.45) is 0. The Morgan fingerprint density at radius 3 is 0.864 bits per heavy atom. The van der Waals surface area contributed by atoms with Gasteiger partial charge in [0.25, 0.3) is 0 Å². The first-order chi connectivity index (χ1) is 10.7. The molecule has 0 atom stereocenters. The maximum Gasteiger partial charge on any atom is 0.0253 e. The van der Waals surface area contributed by atoms with E-state index >= 15 is 0 Å². The fraction of sp³-hybridized carbons (Fsp3) is 0.222. The van der Waals surface area contributed by atoms with Gasteiger partial charge in [-0.3, -0.25) is 0 Å². The molecule has 0 aliphatic heterocycles. The predicted octanol–water partition coefficient (Wildman–Crippen LogP) is 7.73. The van der Waals surface area contributed by atoms with Crippen LogP contribution in [0, 0.1) is 0 Å². The number of fused-ring (bicyclic) bond motifs is 2. The van der Waals surface area contributed by atoms with Gasteiger partial charge in [0.05, 0.1) is 0 Å². The number of rotatable bonds is 4. The summed E-state index contributed by atoms with van der Waals surface area (Å²) in [6.45, 7) is 0. The molecule has 0 unspecified atom stereocenters. The van der Waals surface area contributed by atoms with E-state index in [4.69, 9.17) is 0 Å². The van der Waals surface area contributed by atoms with Crippen LogP contribution >= 0.6 is 90.4 Å². The third-order valence-electron chi connectivity index (χ3n) is 4.09. The quantitative estimate of drug-likeness (QED) is 0.146. The molecule has 0 spiro atoms. The molecule has 3 aromatic rings. The molecule has 0 N–H and O–H groups in total. The first kappa shape index (κ1) is 17.9. The summed E-state index contributed by atoms with van der Waals surface area (Å²) in [6, 6.07) is 14.1. The van der Waals surface area contributed by atoms with Gasteiger partial charge < -0.3 is 0 Å². The van der Waals surface area contributed by atoms with Crippen molar-refractivity contribution in [3.8, 4) is 0 Å². The summed E-state index contributed by atoms with van der Waals surface area (Å²) in [4.78, 5) is 0. The highest BCUT2D eigenvalue weighted by atomic mass is 127. The van der Waals surface area contributed by atoms with E-state index in [1.807, 2.05) is 0 Å². The molecule has 0 aromatic heterocycles. The second-order valence-electron chi connectivity index (χ2n) is 5.25. The fourth-order valence-electron chi connectivity index (χ4n) is 2.89. The maximum atomic E-state index is 2.48. The molecule has 22 heavy (non-hydrogen) atoms. The number of halogens is 4. The van der Waals surface area contributed by atoms with E-state index in [0.717, 1.165) is 17.7 Å². The van der Waals surface area contributed by atoms with E-state index in [9.17, 15) is 0 Å². The fourth-order valence-corrected chi connectivity index (χ4v) is 5.55. The highest BCUT2D eigenvalue weighted by Gasteiger charge is 2.11. The minimum atomic E-state index is 1.06. The van der Waals surface area contributed by atoms with Gasteiger partial charge >= 0.3 is 0 Å². The smallest absolute Gasteiger partial charge is 0.0253 e. The predicted molar refractivity (Wildman–Crippen MR) is 132 cm³/mol. The average Bonchev–Trinajstić information content (AvgIpc) is 2.58. The van der Waals surface area contributed by atoms with Gasteiger partial charge in [0.15, 0.2) is 0 Å². The standard InChI is InChI=1S/C18H14I4/c19-7-11-1-2-12(8-20)16-6-18-14(10-22)4-3-13(9-21)17(18)5-15(11)16/h1-6H,7-10H2. The Hall–Kier alpha value is 1.10. The molecule has 0 radical (unpaired) electrons. The van der Waals surface area contributed by atoms with Gasteiger partial charge in [0.2, 0.25) is 0 Å². The second kappa shape index (κ2) is 7.99. The van der Waals surface area contributed by atoms with Gasteiger partial charge in [-0.2, -0.15) is 0 Å². The summed E-state index contributed by atoms with van der Waals surface area (Å²) < 4.78 is 4.25. The van der Waals surface area contributed by atoms with Crippen LogP contribution in [-0.4, -0.2) is 0 Å². The molecule has 0 amide bonds. The number of benzene rings is 3. The molecular weight excluding hydrogens is 724 g/mol. The lowest BCUT2D eigenvalue weighted by molar-refractivity contribution is 1.42. The van der Waals surface area contributed by atoms with Gasteiger partial charge in [-0.15, -0.1) is 0 Å². The van der Waals surface area contributed by atoms with Crippen molar-refractivity contribution in [3.05, 3.63) is 58.7 Å². The molecule has 0 saturated carbocycles. The van der Waals surface area contributed by atoms with Crippen LogP contribution in [-0.2, 0) is 17.7 Å². The van der Waals surface area contributed by atoms with Gasteiger partial charge in [0, 0.05) is 17.7 Å². The normalized spacial score (nSPS) is 11.5. The summed E-state index contributed by atoms with van der Waals surface area (Å²) in [7, 11) is 0. The van der Waals surface area contributed by atoms with Crippen molar-refractivity contribution in [3.63, 3.8) is 0 Å². The topological polar surface area (TPSA) is 0 Å². The molecular formula is C18H14I4. The molecule has 0 nitrogen and oxygen atoms in total. The first-order valence-corrected chi connectivity index (χ1v) is 13.1. The molecule has 4 heteroatoms. The van der Waals surface area contributed by atoms with Crippen LogP contribution in [0.3, 0.4) is 0 Å². The largest absolute Gasteiger partial charge is 0.0812 e. The summed E-state index contributed by atoms with van der Waals surface area (Å²) in [5.41, 5.74) is 5.80. The van der Waals surface area contributed by atoms with Crippen LogP contribution in [0.5, 0.6) is 0 Å². The van der Waals surface area contributed by atoms with E-state index in [2.05, 4.69) is 127 Å². The van der Waals surface area contributed by atoms with Crippen LogP contribution in [0.4, 0.5) is 0 Å². The maximum absolute atomic E-state index is 2.48. The molecule has 0 saturated heterocycles. The van der Waals surface area contributed by atoms with Crippen molar-refractivity contribution in [2.24, 2.45) is 0 Å². The third-order valence-corrected chi connectivity index (χ3v) is 7.38. The van der Waals surface area contributed by atoms with Crippen molar-refractivity contribution < 1.29 is 0 Å². The van der Waals surface area contributed by atoms with E-state index in [1.165, 1.54) is 43.8 Å². The van der Waals surface area contributed by atoms with E-state index in [1.54, 1.807) is 0 Å². The lowest BCUT2D eigenvalue weighted by atomic mass is 9.93. The molecule has 0 aliphatic carbocycles. The Morgan fingerprint density at radius 1 is 0.455 bits per heavy atom. The van der Waals surface area contributed by atoms with Crippen molar-refractivity contribution in [2.45, 2.75) is 17.7 Å². The molecule has 3 aromatic carbocycles. The minimum Gasteiger partial charge on any atom is -0.0812 e. The molecule has 0 heterocycles. The van der Waals surface area contributed by atoms with Crippen LogP contribution in [0.1, 0.15) is 22.3 Å². The minimum absolute atomic E-state index is 1.06. The molecule has 0 bridgehead atoms. The first-order valence-electron chi connectivity index (χ1n) is 6.96. The molecule has 114 valence electrons. The molecule has 3 rings (SSSR count). The van der Waals surface area contributed by atoms with E-state index < -0.39 is 0 Å². The zero-order valence-electron chi connectivity index (χ0n) is 11.8. The van der Waals surface area contributed by atoms with Crippen LogP contribution in [0.25, 0.3) is 21.5 Å². The number of alkyl halides is 4. The van der Waals surface area contributed by atoms with Crippen molar-refractivity contribution in [1.82, 2.24) is 0 Å². The zero-order valence-corrected chi connectivity index (χ0v) is 20.4. The Balaban J connectivity index is 2.49. The van der Waals surface area contributed by atoms with Crippen LogP contribution in [0.2, 0.25) is 0 Å². The zero-order chi connectivity index (χ0) is 15.7.